The van der Waals surface area contributed by atoms with Crippen LogP contribution in [0.2, 0.25) is 0 Å². The molecule has 0 aromatic rings. The van der Waals surface area contributed by atoms with Crippen LogP contribution in [0.15, 0.2) is 0 Å². The molecule has 1 aliphatic heterocycles. The number of hydrogen-bond donors (Lipinski definition) is 1. The van der Waals surface area contributed by atoms with Crippen LogP contribution < -0.4 is 0 Å². The first-order valence-electron chi connectivity index (χ1n) is 5.42. The van der Waals surface area contributed by atoms with Crippen molar-refractivity contribution in [3.63, 3.8) is 0 Å². The van der Waals surface area contributed by atoms with Gasteiger partial charge in [-0.15, -0.1) is 0 Å². The molecule has 17 heavy (non-hydrogen) atoms. The van der Waals surface area contributed by atoms with Crippen LogP contribution in [-0.2, 0) is 14.3 Å². The molecule has 2 amide bonds. The lowest BCUT2D eigenvalue weighted by Gasteiger charge is -2.25. The van der Waals surface area contributed by atoms with Crippen molar-refractivity contribution in [2.45, 2.75) is 45.8 Å². The van der Waals surface area contributed by atoms with Gasteiger partial charge in [0.15, 0.2) is 0 Å². The highest BCUT2D eigenvalue weighted by molar-refractivity contribution is 6.00. The number of aliphatic carboxylic acids is 1. The second-order valence-electron chi connectivity index (χ2n) is 5.18. The number of amides is 2. The summed E-state index contributed by atoms with van der Waals surface area (Å²) in [5, 5.41) is 8.96. The highest BCUT2D eigenvalue weighted by Gasteiger charge is 2.46. The van der Waals surface area contributed by atoms with Gasteiger partial charge in [-0.2, -0.15) is 0 Å². The molecule has 1 N–H and O–H groups in total. The van der Waals surface area contributed by atoms with Gasteiger partial charge >= 0.3 is 12.1 Å². The summed E-state index contributed by atoms with van der Waals surface area (Å²) in [5.41, 5.74) is -0.758. The van der Waals surface area contributed by atoms with Crippen molar-refractivity contribution in [3.05, 3.63) is 0 Å². The van der Waals surface area contributed by atoms with E-state index in [1.807, 2.05) is 0 Å². The summed E-state index contributed by atoms with van der Waals surface area (Å²) in [6, 6.07) is -1.12. The molecule has 6 nitrogen and oxygen atoms in total. The fourth-order valence-corrected chi connectivity index (χ4v) is 1.67. The number of ether oxygens (including phenoxy) is 1. The summed E-state index contributed by atoms with van der Waals surface area (Å²) in [6.45, 7) is 6.57. The molecule has 1 rings (SSSR count). The summed E-state index contributed by atoms with van der Waals surface area (Å²) < 4.78 is 5.02. The maximum atomic E-state index is 11.8. The van der Waals surface area contributed by atoms with Crippen LogP contribution in [0.4, 0.5) is 4.79 Å². The minimum atomic E-state index is -1.19. The largest absolute Gasteiger partial charge is 0.480 e. The van der Waals surface area contributed by atoms with Gasteiger partial charge in [-0.25, -0.2) is 14.5 Å². The number of hydrogen-bond acceptors (Lipinski definition) is 4. The highest BCUT2D eigenvalue weighted by Crippen LogP contribution is 2.26. The second-order valence-corrected chi connectivity index (χ2v) is 5.18. The van der Waals surface area contributed by atoms with Crippen LogP contribution in [0.5, 0.6) is 0 Å². The fourth-order valence-electron chi connectivity index (χ4n) is 1.67. The van der Waals surface area contributed by atoms with Gasteiger partial charge in [0.2, 0.25) is 5.91 Å². The lowest BCUT2D eigenvalue weighted by molar-refractivity contribution is -0.145. The van der Waals surface area contributed by atoms with Gasteiger partial charge in [0, 0.05) is 5.92 Å². The number of carboxylic acid groups (broad SMARTS) is 1. The molecule has 0 aromatic carbocycles. The summed E-state index contributed by atoms with van der Waals surface area (Å²) in [6.07, 6.45) is -0.757. The smallest absolute Gasteiger partial charge is 0.417 e. The molecule has 1 fully saturated rings. The van der Waals surface area contributed by atoms with Gasteiger partial charge in [-0.05, 0) is 27.2 Å². The molecule has 0 bridgehead atoms. The first-order valence-corrected chi connectivity index (χ1v) is 5.42. The lowest BCUT2D eigenvalue weighted by Crippen LogP contribution is -2.45. The Labute approximate surface area is 99.5 Å². The van der Waals surface area contributed by atoms with Crippen LogP contribution in [-0.4, -0.2) is 39.6 Å². The predicted molar refractivity (Wildman–Crippen MR) is 58.3 cm³/mol. The second kappa shape index (κ2) is 4.35. The molecule has 1 aliphatic rings. The normalized spacial score (nSPS) is 24.9. The number of rotatable bonds is 1. The molecule has 6 heteroatoms. The molecule has 0 radical (unpaired) electrons. The molecule has 0 spiro atoms. The fraction of sp³-hybridized carbons (Fsp3) is 0.727. The van der Waals surface area contributed by atoms with Crippen molar-refractivity contribution < 1.29 is 24.2 Å². The highest BCUT2D eigenvalue weighted by atomic mass is 16.6. The molecule has 1 saturated heterocycles. The molecule has 1 unspecified atom stereocenters. The van der Waals surface area contributed by atoms with E-state index in [-0.39, 0.29) is 6.42 Å². The van der Waals surface area contributed by atoms with Crippen molar-refractivity contribution in [2.75, 3.05) is 0 Å². The first-order chi connectivity index (χ1) is 7.63. The van der Waals surface area contributed by atoms with E-state index in [0.29, 0.717) is 4.90 Å². The Morgan fingerprint density at radius 2 is 1.94 bits per heavy atom. The standard InChI is InChI=1S/C11H17NO5/c1-6-5-7(9(14)15)12(8(6)13)10(16)17-11(2,3)4/h6-7H,5H2,1-4H3,(H,14,15)/t6-,7?/m0/s1. The van der Waals surface area contributed by atoms with E-state index in [2.05, 4.69) is 0 Å². The Morgan fingerprint density at radius 3 is 2.35 bits per heavy atom. The average Bonchev–Trinajstić information content (AvgIpc) is 2.40. The topological polar surface area (TPSA) is 83.9 Å². The Kier molecular flexibility index (Phi) is 3.45. The third-order valence-electron chi connectivity index (χ3n) is 2.42. The SMILES string of the molecule is C[C@H]1CC(C(=O)O)N(C(=O)OC(C)(C)C)C1=O. The number of likely N-dealkylation sites (tertiary alicyclic amines) is 1. The van der Waals surface area contributed by atoms with Crippen LogP contribution in [0.3, 0.4) is 0 Å². The molecular weight excluding hydrogens is 226 g/mol. The van der Waals surface area contributed by atoms with Gasteiger partial charge in [-0.1, -0.05) is 6.92 Å². The molecule has 0 aliphatic carbocycles. The monoisotopic (exact) mass is 243 g/mol. The van der Waals surface area contributed by atoms with Crippen LogP contribution in [0.25, 0.3) is 0 Å². The van der Waals surface area contributed by atoms with Gasteiger partial charge < -0.3 is 9.84 Å². The maximum Gasteiger partial charge on any atom is 0.417 e. The summed E-state index contributed by atoms with van der Waals surface area (Å²) in [4.78, 5) is 35.1. The number of carbonyl (C=O) groups excluding carboxylic acids is 2. The Morgan fingerprint density at radius 1 is 1.41 bits per heavy atom. The molecule has 0 saturated carbocycles. The Balaban J connectivity index is 2.89. The lowest BCUT2D eigenvalue weighted by atomic mass is 10.1. The van der Waals surface area contributed by atoms with Crippen molar-refractivity contribution in [1.29, 1.82) is 0 Å². The van der Waals surface area contributed by atoms with Crippen molar-refractivity contribution in [2.24, 2.45) is 5.92 Å². The first kappa shape index (κ1) is 13.5. The number of nitrogens with zero attached hydrogens (tertiary/aromatic N) is 1. The van der Waals surface area contributed by atoms with Crippen LogP contribution >= 0.6 is 0 Å². The predicted octanol–water partition coefficient (Wildman–Crippen LogP) is 1.24. The van der Waals surface area contributed by atoms with E-state index in [0.717, 1.165) is 0 Å². The van der Waals surface area contributed by atoms with Crippen molar-refractivity contribution >= 4 is 18.0 Å². The van der Waals surface area contributed by atoms with Crippen LogP contribution in [0.1, 0.15) is 34.1 Å². The van der Waals surface area contributed by atoms with Crippen molar-refractivity contribution in [1.82, 2.24) is 4.90 Å². The van der Waals surface area contributed by atoms with Gasteiger partial charge in [0.05, 0.1) is 0 Å². The molecule has 2 atom stereocenters. The Hall–Kier alpha value is -1.59. The zero-order chi connectivity index (χ0) is 13.4. The van der Waals surface area contributed by atoms with Gasteiger partial charge in [-0.3, -0.25) is 4.79 Å². The maximum absolute atomic E-state index is 11.8. The number of carboxylic acids is 1. The number of carbonyl (C=O) groups is 3. The minimum absolute atomic E-state index is 0.132. The molecule has 96 valence electrons. The third kappa shape index (κ3) is 2.95. The average molecular weight is 243 g/mol. The van der Waals surface area contributed by atoms with Crippen LogP contribution in [0, 0.1) is 5.92 Å². The third-order valence-corrected chi connectivity index (χ3v) is 2.42. The van der Waals surface area contributed by atoms with Gasteiger partial charge in [0.1, 0.15) is 11.6 Å². The van der Waals surface area contributed by atoms with E-state index < -0.39 is 35.5 Å². The zero-order valence-corrected chi connectivity index (χ0v) is 10.4. The van der Waals surface area contributed by atoms with E-state index in [4.69, 9.17) is 9.84 Å². The summed E-state index contributed by atoms with van der Waals surface area (Å²) >= 11 is 0. The quantitative estimate of drug-likeness (QED) is 0.749. The van der Waals surface area contributed by atoms with E-state index >= 15 is 0 Å². The van der Waals surface area contributed by atoms with E-state index in [9.17, 15) is 14.4 Å². The van der Waals surface area contributed by atoms with Gasteiger partial charge in [0.25, 0.3) is 0 Å². The summed E-state index contributed by atoms with van der Waals surface area (Å²) in [5.74, 6) is -2.15. The molecule has 0 aromatic heterocycles. The zero-order valence-electron chi connectivity index (χ0n) is 10.4. The summed E-state index contributed by atoms with van der Waals surface area (Å²) in [7, 11) is 0. The van der Waals surface area contributed by atoms with Crippen molar-refractivity contribution in [3.8, 4) is 0 Å². The van der Waals surface area contributed by atoms with E-state index in [1.54, 1.807) is 27.7 Å². The molecular formula is C11H17NO5. The minimum Gasteiger partial charge on any atom is -0.480 e. The number of imide groups is 1. The van der Waals surface area contributed by atoms with E-state index in [1.165, 1.54) is 0 Å². The Bertz CT molecular complexity index is 357. The molecule has 1 heterocycles.